The second kappa shape index (κ2) is 4.04. The van der Waals surface area contributed by atoms with Crippen LogP contribution in [0.25, 0.3) is 0 Å². The molecule has 0 atom stereocenters. The van der Waals surface area contributed by atoms with Crippen molar-refractivity contribution in [3.63, 3.8) is 0 Å². The molecule has 1 aromatic carbocycles. The highest BCUT2D eigenvalue weighted by Crippen LogP contribution is 2.40. The smallest absolute Gasteiger partial charge is 0.211 e. The summed E-state index contributed by atoms with van der Waals surface area (Å²) in [5.74, 6) is 0. The van der Waals surface area contributed by atoms with E-state index in [1.165, 1.54) is 19.1 Å². The van der Waals surface area contributed by atoms with Crippen molar-refractivity contribution in [3.05, 3.63) is 28.3 Å². The predicted octanol–water partition coefficient (Wildman–Crippen LogP) is 3.63. The largest absolute Gasteiger partial charge is 0.418 e. The summed E-state index contributed by atoms with van der Waals surface area (Å²) in [6.45, 7) is 1.20. The Balaban J connectivity index is 3.50. The number of nitrogens with zero attached hydrogens (tertiary/aromatic N) is 1. The van der Waals surface area contributed by atoms with E-state index in [9.17, 15) is 18.0 Å². The number of rotatable bonds is 1. The van der Waals surface area contributed by atoms with Gasteiger partial charge >= 0.3 is 6.18 Å². The molecule has 0 aliphatic rings. The molecule has 1 aromatic rings. The molecule has 0 aliphatic heterocycles. The zero-order chi connectivity index (χ0) is 11.6. The van der Waals surface area contributed by atoms with Gasteiger partial charge in [-0.2, -0.15) is 18.2 Å². The minimum absolute atomic E-state index is 0.0817. The fourth-order valence-electron chi connectivity index (χ4n) is 1.19. The highest BCUT2D eigenvalue weighted by molar-refractivity contribution is 6.31. The van der Waals surface area contributed by atoms with E-state index >= 15 is 0 Å². The molecular weight excluding hydrogens is 231 g/mol. The molecule has 0 saturated heterocycles. The number of hydrogen-bond donors (Lipinski definition) is 0. The van der Waals surface area contributed by atoms with Gasteiger partial charge in [0.1, 0.15) is 0 Å². The van der Waals surface area contributed by atoms with Gasteiger partial charge in [0.15, 0.2) is 0 Å². The molecule has 0 heterocycles. The van der Waals surface area contributed by atoms with Gasteiger partial charge in [-0.1, -0.05) is 11.6 Å². The lowest BCUT2D eigenvalue weighted by Crippen LogP contribution is -2.08. The van der Waals surface area contributed by atoms with Gasteiger partial charge in [0.25, 0.3) is 0 Å². The summed E-state index contributed by atoms with van der Waals surface area (Å²) in [4.78, 5) is 13.1. The number of isocyanates is 1. The van der Waals surface area contributed by atoms with Crippen molar-refractivity contribution in [3.8, 4) is 0 Å². The molecular formula is C9H5ClF3NO. The summed E-state index contributed by atoms with van der Waals surface area (Å²) in [7, 11) is 0. The Morgan fingerprint density at radius 3 is 2.47 bits per heavy atom. The maximum atomic E-state index is 12.5. The number of hydrogen-bond acceptors (Lipinski definition) is 2. The molecule has 0 aliphatic carbocycles. The lowest BCUT2D eigenvalue weighted by molar-refractivity contribution is -0.137. The van der Waals surface area contributed by atoms with Gasteiger partial charge in [-0.3, -0.25) is 0 Å². The second-order valence-electron chi connectivity index (χ2n) is 2.77. The van der Waals surface area contributed by atoms with E-state index in [0.29, 0.717) is 0 Å². The van der Waals surface area contributed by atoms with Gasteiger partial charge in [-0.25, -0.2) is 4.79 Å². The molecule has 80 valence electrons. The minimum atomic E-state index is -4.56. The summed E-state index contributed by atoms with van der Waals surface area (Å²) in [6.07, 6.45) is -3.37. The molecule has 15 heavy (non-hydrogen) atoms. The van der Waals surface area contributed by atoms with E-state index in [1.54, 1.807) is 0 Å². The highest BCUT2D eigenvalue weighted by Gasteiger charge is 2.35. The Hall–Kier alpha value is -1.32. The Morgan fingerprint density at radius 2 is 2.00 bits per heavy atom. The number of aliphatic imine (C=N–C) groups is 1. The normalized spacial score (nSPS) is 11.0. The van der Waals surface area contributed by atoms with Crippen LogP contribution in [0.15, 0.2) is 17.1 Å². The fraction of sp³-hybridized carbons (Fsp3) is 0.222. The third kappa shape index (κ3) is 2.37. The quantitative estimate of drug-likeness (QED) is 0.540. The van der Waals surface area contributed by atoms with Crippen molar-refractivity contribution in [1.29, 1.82) is 0 Å². The van der Waals surface area contributed by atoms with Gasteiger partial charge in [0.2, 0.25) is 6.08 Å². The first-order valence-corrected chi connectivity index (χ1v) is 4.20. The van der Waals surface area contributed by atoms with Gasteiger partial charge in [-0.15, -0.1) is 0 Å². The first kappa shape index (κ1) is 11.8. The summed E-state index contributed by atoms with van der Waals surface area (Å²) in [5.41, 5.74) is -1.24. The average molecular weight is 236 g/mol. The first-order valence-electron chi connectivity index (χ1n) is 3.82. The van der Waals surface area contributed by atoms with Gasteiger partial charge in [0.05, 0.1) is 16.3 Å². The maximum absolute atomic E-state index is 12.5. The van der Waals surface area contributed by atoms with Crippen molar-refractivity contribution in [1.82, 2.24) is 0 Å². The Kier molecular flexibility index (Phi) is 3.17. The highest BCUT2D eigenvalue weighted by atomic mass is 35.5. The molecule has 0 aromatic heterocycles. The third-order valence-corrected chi connectivity index (χ3v) is 2.15. The molecule has 6 heteroatoms. The van der Waals surface area contributed by atoms with Crippen LogP contribution in [0.1, 0.15) is 11.1 Å². The second-order valence-corrected chi connectivity index (χ2v) is 3.17. The zero-order valence-electron chi connectivity index (χ0n) is 7.52. The van der Waals surface area contributed by atoms with E-state index in [-0.39, 0.29) is 11.3 Å². The summed E-state index contributed by atoms with van der Waals surface area (Å²) >= 11 is 5.43. The van der Waals surface area contributed by atoms with E-state index in [4.69, 9.17) is 11.6 Å². The van der Waals surface area contributed by atoms with Crippen LogP contribution in [0.3, 0.4) is 0 Å². The summed E-state index contributed by atoms with van der Waals surface area (Å²) in [6, 6.07) is 2.28. The number of alkyl halides is 3. The molecule has 2 nitrogen and oxygen atoms in total. The van der Waals surface area contributed by atoms with E-state index in [0.717, 1.165) is 6.07 Å². The van der Waals surface area contributed by atoms with Crippen LogP contribution in [0, 0.1) is 6.92 Å². The van der Waals surface area contributed by atoms with Crippen molar-refractivity contribution in [2.45, 2.75) is 13.1 Å². The van der Waals surface area contributed by atoms with Crippen molar-refractivity contribution in [2.75, 3.05) is 0 Å². The molecule has 0 bridgehead atoms. The predicted molar refractivity (Wildman–Crippen MR) is 49.0 cm³/mol. The lowest BCUT2D eigenvalue weighted by atomic mass is 10.1. The van der Waals surface area contributed by atoms with Crippen LogP contribution in [-0.2, 0) is 11.0 Å². The SMILES string of the molecule is Cc1c(N=C=O)ccc(Cl)c1C(F)(F)F. The van der Waals surface area contributed by atoms with Crippen LogP contribution >= 0.6 is 11.6 Å². The molecule has 0 radical (unpaired) electrons. The number of carbonyl (C=O) groups excluding carboxylic acids is 1. The fourth-order valence-corrected chi connectivity index (χ4v) is 1.50. The van der Waals surface area contributed by atoms with Crippen molar-refractivity contribution in [2.24, 2.45) is 4.99 Å². The van der Waals surface area contributed by atoms with Crippen molar-refractivity contribution >= 4 is 23.4 Å². The summed E-state index contributed by atoms with van der Waals surface area (Å²) < 4.78 is 37.5. The monoisotopic (exact) mass is 235 g/mol. The van der Waals surface area contributed by atoms with Crippen molar-refractivity contribution < 1.29 is 18.0 Å². The standard InChI is InChI=1S/C9H5ClF3NO/c1-5-7(14-4-15)3-2-6(10)8(5)9(11,12)13/h2-3H,1H3. The first-order chi connectivity index (χ1) is 6.88. The van der Waals surface area contributed by atoms with E-state index in [2.05, 4.69) is 4.99 Å². The Bertz CT molecular complexity index is 436. The molecule has 0 saturated carbocycles. The van der Waals surface area contributed by atoms with Crippen LogP contribution in [0.4, 0.5) is 18.9 Å². The number of benzene rings is 1. The molecule has 0 spiro atoms. The molecule has 0 unspecified atom stereocenters. The average Bonchev–Trinajstić information content (AvgIpc) is 2.08. The molecule has 0 amide bonds. The summed E-state index contributed by atoms with van der Waals surface area (Å²) in [5, 5.41) is -0.412. The van der Waals surface area contributed by atoms with Crippen LogP contribution in [0.5, 0.6) is 0 Å². The molecule has 0 fully saturated rings. The van der Waals surface area contributed by atoms with Crippen LogP contribution < -0.4 is 0 Å². The molecule has 0 N–H and O–H groups in total. The third-order valence-electron chi connectivity index (χ3n) is 1.84. The van der Waals surface area contributed by atoms with Gasteiger partial charge < -0.3 is 0 Å². The Labute approximate surface area is 88.4 Å². The van der Waals surface area contributed by atoms with Gasteiger partial charge in [-0.05, 0) is 24.6 Å². The minimum Gasteiger partial charge on any atom is -0.211 e. The zero-order valence-corrected chi connectivity index (χ0v) is 8.28. The van der Waals surface area contributed by atoms with E-state index < -0.39 is 16.8 Å². The Morgan fingerprint density at radius 1 is 1.40 bits per heavy atom. The maximum Gasteiger partial charge on any atom is 0.418 e. The topological polar surface area (TPSA) is 29.4 Å². The number of halogens is 4. The van der Waals surface area contributed by atoms with Crippen LogP contribution in [-0.4, -0.2) is 6.08 Å². The van der Waals surface area contributed by atoms with Crippen LogP contribution in [0.2, 0.25) is 5.02 Å². The van der Waals surface area contributed by atoms with Gasteiger partial charge in [0, 0.05) is 0 Å². The lowest BCUT2D eigenvalue weighted by Gasteiger charge is -2.12. The molecule has 1 rings (SSSR count). The van der Waals surface area contributed by atoms with E-state index in [1.807, 2.05) is 0 Å².